The maximum absolute atomic E-state index is 13.6. The molecular weight excluding hydrogens is 307 g/mol. The van der Waals surface area contributed by atoms with Gasteiger partial charge in [-0.2, -0.15) is 0 Å². The predicted molar refractivity (Wildman–Crippen MR) is 91.7 cm³/mol. The van der Waals surface area contributed by atoms with E-state index in [4.69, 9.17) is 0 Å². The lowest BCUT2D eigenvalue weighted by Crippen LogP contribution is -2.39. The summed E-state index contributed by atoms with van der Waals surface area (Å²) in [5.41, 5.74) is 0.308. The Labute approximate surface area is 140 Å². The summed E-state index contributed by atoms with van der Waals surface area (Å²) in [6, 6.07) is 9.97. The number of amides is 1. The van der Waals surface area contributed by atoms with Crippen molar-refractivity contribution >= 4 is 17.4 Å². The van der Waals surface area contributed by atoms with Gasteiger partial charge in [-0.15, -0.1) is 10.2 Å². The van der Waals surface area contributed by atoms with Gasteiger partial charge >= 0.3 is 0 Å². The molecule has 6 heteroatoms. The zero-order chi connectivity index (χ0) is 16.9. The number of carbonyl (C=O) groups excluding carboxylic acids is 1. The van der Waals surface area contributed by atoms with E-state index >= 15 is 0 Å². The number of para-hydroxylation sites is 1. The number of piperidine rings is 1. The van der Waals surface area contributed by atoms with E-state index in [2.05, 4.69) is 27.3 Å². The maximum Gasteiger partial charge on any atom is 0.276 e. The Morgan fingerprint density at radius 3 is 2.79 bits per heavy atom. The van der Waals surface area contributed by atoms with E-state index in [9.17, 15) is 9.18 Å². The average Bonchev–Trinajstić information content (AvgIpc) is 2.63. The predicted octanol–water partition coefficient (Wildman–Crippen LogP) is 3.64. The standard InChI is InChI=1S/C18H21FN4O/c1-2-13-7-5-6-12-23(13)17-11-10-16(21-22-17)18(24)20-15-9-4-3-8-14(15)19/h3-4,8-11,13H,2,5-7,12H2,1H3,(H,20,24). The van der Waals surface area contributed by atoms with Crippen LogP contribution in [-0.4, -0.2) is 28.7 Å². The molecule has 1 N–H and O–H groups in total. The second kappa shape index (κ2) is 7.38. The van der Waals surface area contributed by atoms with Gasteiger partial charge < -0.3 is 10.2 Å². The van der Waals surface area contributed by atoms with E-state index in [1.165, 1.54) is 18.6 Å². The lowest BCUT2D eigenvalue weighted by molar-refractivity contribution is 0.102. The number of carbonyl (C=O) groups is 1. The van der Waals surface area contributed by atoms with Crippen LogP contribution in [0.2, 0.25) is 0 Å². The Bertz CT molecular complexity index is 704. The fraction of sp³-hybridized carbons (Fsp3) is 0.389. The summed E-state index contributed by atoms with van der Waals surface area (Å²) in [6.07, 6.45) is 4.62. The number of hydrogen-bond donors (Lipinski definition) is 1. The molecule has 0 saturated carbocycles. The number of halogens is 1. The Hall–Kier alpha value is -2.50. The molecule has 24 heavy (non-hydrogen) atoms. The van der Waals surface area contributed by atoms with Gasteiger partial charge in [-0.05, 0) is 49.9 Å². The van der Waals surface area contributed by atoms with Crippen molar-refractivity contribution in [3.8, 4) is 0 Å². The van der Waals surface area contributed by atoms with E-state index in [0.717, 1.165) is 31.6 Å². The molecule has 1 aromatic carbocycles. The molecule has 1 unspecified atom stereocenters. The summed E-state index contributed by atoms with van der Waals surface area (Å²) < 4.78 is 13.6. The lowest BCUT2D eigenvalue weighted by Gasteiger charge is -2.35. The smallest absolute Gasteiger partial charge is 0.276 e. The van der Waals surface area contributed by atoms with Gasteiger partial charge in [-0.25, -0.2) is 4.39 Å². The molecule has 1 fully saturated rings. The Balaban J connectivity index is 1.72. The highest BCUT2D eigenvalue weighted by Crippen LogP contribution is 2.24. The minimum atomic E-state index is -0.477. The number of hydrogen-bond acceptors (Lipinski definition) is 4. The third-order valence-corrected chi connectivity index (χ3v) is 4.40. The maximum atomic E-state index is 13.6. The first-order chi connectivity index (χ1) is 11.7. The summed E-state index contributed by atoms with van der Waals surface area (Å²) in [5, 5.41) is 10.7. The Morgan fingerprint density at radius 2 is 2.08 bits per heavy atom. The molecule has 0 radical (unpaired) electrons. The van der Waals surface area contributed by atoms with Crippen molar-refractivity contribution in [2.75, 3.05) is 16.8 Å². The van der Waals surface area contributed by atoms with Crippen LogP contribution in [0.15, 0.2) is 36.4 Å². The molecule has 1 aromatic heterocycles. The Morgan fingerprint density at radius 1 is 1.25 bits per heavy atom. The van der Waals surface area contributed by atoms with Gasteiger partial charge in [0, 0.05) is 12.6 Å². The number of benzene rings is 1. The van der Waals surface area contributed by atoms with Crippen LogP contribution in [0.3, 0.4) is 0 Å². The van der Waals surface area contributed by atoms with Gasteiger partial charge in [0.15, 0.2) is 11.5 Å². The fourth-order valence-electron chi connectivity index (χ4n) is 3.08. The van der Waals surface area contributed by atoms with Crippen molar-refractivity contribution in [1.29, 1.82) is 0 Å². The van der Waals surface area contributed by atoms with Gasteiger partial charge in [0.05, 0.1) is 5.69 Å². The summed E-state index contributed by atoms with van der Waals surface area (Å²) in [5.74, 6) is -0.150. The summed E-state index contributed by atoms with van der Waals surface area (Å²) in [7, 11) is 0. The third kappa shape index (κ3) is 3.53. The number of aromatic nitrogens is 2. The SMILES string of the molecule is CCC1CCCCN1c1ccc(C(=O)Nc2ccccc2F)nn1. The third-order valence-electron chi connectivity index (χ3n) is 4.40. The van der Waals surface area contributed by atoms with Gasteiger partial charge in [0.25, 0.3) is 5.91 Å². The first-order valence-electron chi connectivity index (χ1n) is 8.35. The highest BCUT2D eigenvalue weighted by molar-refractivity contribution is 6.02. The number of anilines is 2. The molecule has 1 aliphatic heterocycles. The molecule has 0 bridgehead atoms. The zero-order valence-electron chi connectivity index (χ0n) is 13.7. The van der Waals surface area contributed by atoms with Crippen molar-refractivity contribution < 1.29 is 9.18 Å². The van der Waals surface area contributed by atoms with Crippen molar-refractivity contribution in [2.24, 2.45) is 0 Å². The van der Waals surface area contributed by atoms with Crippen LogP contribution >= 0.6 is 0 Å². The van der Waals surface area contributed by atoms with E-state index in [-0.39, 0.29) is 11.4 Å². The molecule has 2 heterocycles. The number of rotatable bonds is 4. The summed E-state index contributed by atoms with van der Waals surface area (Å²) >= 11 is 0. The molecule has 5 nitrogen and oxygen atoms in total. The lowest BCUT2D eigenvalue weighted by atomic mass is 10.0. The molecular formula is C18H21FN4O. The summed E-state index contributed by atoms with van der Waals surface area (Å²) in [4.78, 5) is 14.4. The van der Waals surface area contributed by atoms with Crippen molar-refractivity contribution in [3.05, 3.63) is 47.9 Å². The van der Waals surface area contributed by atoms with Crippen LogP contribution in [0.1, 0.15) is 43.1 Å². The molecule has 126 valence electrons. The number of nitrogens with zero attached hydrogens (tertiary/aromatic N) is 3. The van der Waals surface area contributed by atoms with Gasteiger partial charge in [-0.1, -0.05) is 19.1 Å². The second-order valence-corrected chi connectivity index (χ2v) is 5.96. The van der Waals surface area contributed by atoms with Crippen LogP contribution in [0.5, 0.6) is 0 Å². The molecule has 0 spiro atoms. The molecule has 1 amide bonds. The van der Waals surface area contributed by atoms with E-state index in [1.54, 1.807) is 18.2 Å². The van der Waals surface area contributed by atoms with Crippen molar-refractivity contribution in [1.82, 2.24) is 10.2 Å². The largest absolute Gasteiger partial charge is 0.352 e. The van der Waals surface area contributed by atoms with Crippen LogP contribution in [-0.2, 0) is 0 Å². The minimum absolute atomic E-state index is 0.135. The molecule has 1 saturated heterocycles. The minimum Gasteiger partial charge on any atom is -0.352 e. The molecule has 1 aliphatic rings. The van der Waals surface area contributed by atoms with Crippen LogP contribution in [0.4, 0.5) is 15.9 Å². The average molecular weight is 328 g/mol. The molecule has 2 aromatic rings. The highest BCUT2D eigenvalue weighted by Gasteiger charge is 2.22. The first-order valence-corrected chi connectivity index (χ1v) is 8.35. The first kappa shape index (κ1) is 16.4. The topological polar surface area (TPSA) is 58.1 Å². The van der Waals surface area contributed by atoms with Crippen molar-refractivity contribution in [3.63, 3.8) is 0 Å². The quantitative estimate of drug-likeness (QED) is 0.931. The monoisotopic (exact) mass is 328 g/mol. The molecule has 0 aliphatic carbocycles. The van der Waals surface area contributed by atoms with Crippen LogP contribution < -0.4 is 10.2 Å². The molecule has 1 atom stereocenters. The van der Waals surface area contributed by atoms with Crippen molar-refractivity contribution in [2.45, 2.75) is 38.6 Å². The van der Waals surface area contributed by atoms with Gasteiger partial charge in [-0.3, -0.25) is 4.79 Å². The highest BCUT2D eigenvalue weighted by atomic mass is 19.1. The second-order valence-electron chi connectivity index (χ2n) is 5.96. The van der Waals surface area contributed by atoms with Gasteiger partial charge in [0.1, 0.15) is 5.82 Å². The number of nitrogens with one attached hydrogen (secondary N) is 1. The van der Waals surface area contributed by atoms with Gasteiger partial charge in [0.2, 0.25) is 0 Å². The van der Waals surface area contributed by atoms with Crippen LogP contribution in [0.25, 0.3) is 0 Å². The van der Waals surface area contributed by atoms with E-state index < -0.39 is 11.7 Å². The normalized spacial score (nSPS) is 17.6. The molecule has 3 rings (SSSR count). The van der Waals surface area contributed by atoms with E-state index in [1.807, 2.05) is 6.07 Å². The fourth-order valence-corrected chi connectivity index (χ4v) is 3.08. The summed E-state index contributed by atoms with van der Waals surface area (Å²) in [6.45, 7) is 3.14. The van der Waals surface area contributed by atoms with Crippen LogP contribution in [0, 0.1) is 5.82 Å². The zero-order valence-corrected chi connectivity index (χ0v) is 13.7. The van der Waals surface area contributed by atoms with E-state index in [0.29, 0.717) is 6.04 Å². The Kier molecular flexibility index (Phi) is 5.03.